The van der Waals surface area contributed by atoms with Crippen molar-refractivity contribution in [3.8, 4) is 11.9 Å². The van der Waals surface area contributed by atoms with Crippen LogP contribution in [0.5, 0.6) is 11.9 Å². The summed E-state index contributed by atoms with van der Waals surface area (Å²) in [6.45, 7) is 6.44. The van der Waals surface area contributed by atoms with Crippen LogP contribution < -0.4 is 9.47 Å². The second-order valence-corrected chi connectivity index (χ2v) is 8.73. The summed E-state index contributed by atoms with van der Waals surface area (Å²) in [5, 5.41) is 0. The van der Waals surface area contributed by atoms with Gasteiger partial charge >= 0.3 is 6.01 Å². The van der Waals surface area contributed by atoms with Gasteiger partial charge < -0.3 is 9.47 Å². The lowest BCUT2D eigenvalue weighted by Crippen LogP contribution is -2.44. The van der Waals surface area contributed by atoms with Crippen LogP contribution in [0.25, 0.3) is 0 Å². The molecule has 0 saturated carbocycles. The number of sulfonamides is 1. The zero-order valence-corrected chi connectivity index (χ0v) is 16.9. The van der Waals surface area contributed by atoms with Crippen LogP contribution in [0, 0.1) is 20.8 Å². The van der Waals surface area contributed by atoms with Gasteiger partial charge in [0.1, 0.15) is 6.10 Å². The smallest absolute Gasteiger partial charge is 0.319 e. The van der Waals surface area contributed by atoms with Crippen molar-refractivity contribution in [1.29, 1.82) is 0 Å². The van der Waals surface area contributed by atoms with Crippen LogP contribution in [0.4, 0.5) is 0 Å². The second-order valence-electron chi connectivity index (χ2n) is 6.85. The number of hydrogen-bond acceptors (Lipinski definition) is 6. The summed E-state index contributed by atoms with van der Waals surface area (Å²) in [6, 6.07) is 5.68. The predicted molar refractivity (Wildman–Crippen MR) is 102 cm³/mol. The van der Waals surface area contributed by atoms with Crippen LogP contribution in [0.3, 0.4) is 0 Å². The van der Waals surface area contributed by atoms with Crippen molar-refractivity contribution < 1.29 is 17.9 Å². The molecule has 1 aliphatic heterocycles. The minimum Gasteiger partial charge on any atom is -0.473 e. The van der Waals surface area contributed by atoms with Crippen LogP contribution in [0.2, 0.25) is 0 Å². The van der Waals surface area contributed by atoms with Gasteiger partial charge in [-0.2, -0.15) is 9.29 Å². The maximum absolute atomic E-state index is 13.3. The van der Waals surface area contributed by atoms with E-state index in [1.807, 2.05) is 32.9 Å². The Morgan fingerprint density at radius 1 is 1.19 bits per heavy atom. The number of hydrogen-bond donors (Lipinski definition) is 0. The molecule has 1 aromatic heterocycles. The number of ether oxygens (including phenoxy) is 2. The first-order valence-electron chi connectivity index (χ1n) is 8.93. The zero-order chi connectivity index (χ0) is 19.6. The Morgan fingerprint density at radius 3 is 2.56 bits per heavy atom. The van der Waals surface area contributed by atoms with Gasteiger partial charge in [0.25, 0.3) is 0 Å². The van der Waals surface area contributed by atoms with Gasteiger partial charge in [-0.25, -0.2) is 13.4 Å². The Hall–Kier alpha value is -2.19. The molecule has 0 amide bonds. The highest BCUT2D eigenvalue weighted by atomic mass is 32.2. The summed E-state index contributed by atoms with van der Waals surface area (Å²) in [5.41, 5.74) is 2.61. The van der Waals surface area contributed by atoms with E-state index in [9.17, 15) is 8.42 Å². The fourth-order valence-electron chi connectivity index (χ4n) is 3.58. The van der Waals surface area contributed by atoms with Crippen molar-refractivity contribution in [3.63, 3.8) is 0 Å². The van der Waals surface area contributed by atoms with Gasteiger partial charge in [0, 0.05) is 18.8 Å². The fourth-order valence-corrected chi connectivity index (χ4v) is 5.50. The topological polar surface area (TPSA) is 81.6 Å². The molecule has 1 saturated heterocycles. The molecule has 1 fully saturated rings. The van der Waals surface area contributed by atoms with Crippen molar-refractivity contribution >= 4 is 10.0 Å². The summed E-state index contributed by atoms with van der Waals surface area (Å²) < 4.78 is 39.0. The van der Waals surface area contributed by atoms with Gasteiger partial charge in [0.15, 0.2) is 0 Å². The average molecular weight is 391 g/mol. The normalized spacial score (nSPS) is 18.3. The Morgan fingerprint density at radius 2 is 1.89 bits per heavy atom. The fraction of sp³-hybridized carbons (Fsp3) is 0.474. The van der Waals surface area contributed by atoms with Crippen molar-refractivity contribution in [3.05, 3.63) is 41.1 Å². The molecule has 3 rings (SSSR count). The number of rotatable bonds is 5. The molecule has 1 atom stereocenters. The van der Waals surface area contributed by atoms with Crippen LogP contribution >= 0.6 is 0 Å². The lowest BCUT2D eigenvalue weighted by atomic mass is 10.1. The van der Waals surface area contributed by atoms with Crippen molar-refractivity contribution in [2.75, 3.05) is 20.2 Å². The lowest BCUT2D eigenvalue weighted by molar-refractivity contribution is 0.123. The molecule has 2 aromatic rings. The summed E-state index contributed by atoms with van der Waals surface area (Å²) >= 11 is 0. The molecular weight excluding hydrogens is 366 g/mol. The van der Waals surface area contributed by atoms with Crippen LogP contribution in [0.15, 0.2) is 29.3 Å². The molecule has 1 aliphatic rings. The number of aromatic nitrogens is 2. The van der Waals surface area contributed by atoms with E-state index >= 15 is 0 Å². The molecule has 2 heterocycles. The third-order valence-electron chi connectivity index (χ3n) is 4.62. The van der Waals surface area contributed by atoms with E-state index in [-0.39, 0.29) is 12.1 Å². The quantitative estimate of drug-likeness (QED) is 0.779. The predicted octanol–water partition coefficient (Wildman–Crippen LogP) is 2.64. The standard InChI is InChI=1S/C19H25N3O4S/c1-13-10-14(2)18(15(3)11-13)27(23,24)22-9-5-6-16(12-22)26-17-7-8-20-19(21-17)25-4/h7-8,10-11,16H,5-6,9,12H2,1-4H3. The van der Waals surface area contributed by atoms with E-state index in [0.717, 1.165) is 29.5 Å². The first kappa shape index (κ1) is 19.6. The summed E-state index contributed by atoms with van der Waals surface area (Å²) in [6.07, 6.45) is 2.79. The maximum Gasteiger partial charge on any atom is 0.319 e. The molecule has 0 aliphatic carbocycles. The van der Waals surface area contributed by atoms with E-state index in [1.165, 1.54) is 11.4 Å². The van der Waals surface area contributed by atoms with Crippen molar-refractivity contribution in [2.24, 2.45) is 0 Å². The Labute approximate surface area is 160 Å². The molecule has 8 heteroatoms. The monoisotopic (exact) mass is 391 g/mol. The number of nitrogens with zero attached hydrogens (tertiary/aromatic N) is 3. The van der Waals surface area contributed by atoms with Crippen LogP contribution in [-0.4, -0.2) is 49.0 Å². The van der Waals surface area contributed by atoms with Crippen LogP contribution in [0.1, 0.15) is 29.5 Å². The summed E-state index contributed by atoms with van der Waals surface area (Å²) in [4.78, 5) is 8.50. The van der Waals surface area contributed by atoms with Gasteiger partial charge in [-0.05, 0) is 44.7 Å². The van der Waals surface area contributed by atoms with E-state index in [1.54, 1.807) is 12.3 Å². The van der Waals surface area contributed by atoms with Gasteiger partial charge in [-0.3, -0.25) is 0 Å². The van der Waals surface area contributed by atoms with E-state index in [0.29, 0.717) is 23.9 Å². The van der Waals surface area contributed by atoms with Gasteiger partial charge in [-0.1, -0.05) is 17.7 Å². The molecule has 1 aromatic carbocycles. The average Bonchev–Trinajstić information content (AvgIpc) is 2.61. The third-order valence-corrected chi connectivity index (χ3v) is 6.79. The van der Waals surface area contributed by atoms with E-state index in [4.69, 9.17) is 9.47 Å². The molecule has 0 radical (unpaired) electrons. The molecule has 1 unspecified atom stereocenters. The molecule has 27 heavy (non-hydrogen) atoms. The highest BCUT2D eigenvalue weighted by Crippen LogP contribution is 2.28. The molecule has 7 nitrogen and oxygen atoms in total. The van der Waals surface area contributed by atoms with E-state index in [2.05, 4.69) is 9.97 Å². The number of piperidine rings is 1. The van der Waals surface area contributed by atoms with Crippen molar-refractivity contribution in [1.82, 2.24) is 14.3 Å². The maximum atomic E-state index is 13.3. The van der Waals surface area contributed by atoms with E-state index < -0.39 is 10.0 Å². The minimum atomic E-state index is -3.58. The molecule has 0 bridgehead atoms. The Balaban J connectivity index is 1.81. The Kier molecular flexibility index (Phi) is 5.67. The molecule has 0 N–H and O–H groups in total. The van der Waals surface area contributed by atoms with Crippen molar-refractivity contribution in [2.45, 2.75) is 44.6 Å². The molecule has 0 spiro atoms. The summed E-state index contributed by atoms with van der Waals surface area (Å²) in [5.74, 6) is 0.383. The SMILES string of the molecule is COc1nccc(OC2CCCN(S(=O)(=O)c3c(C)cc(C)cc3C)C2)n1. The summed E-state index contributed by atoms with van der Waals surface area (Å²) in [7, 11) is -2.10. The number of aryl methyl sites for hydroxylation is 3. The van der Waals surface area contributed by atoms with Crippen LogP contribution in [-0.2, 0) is 10.0 Å². The molecular formula is C19H25N3O4S. The molecule has 146 valence electrons. The van der Waals surface area contributed by atoms with Gasteiger partial charge in [0.05, 0.1) is 18.6 Å². The number of methoxy groups -OCH3 is 1. The Bertz CT molecular complexity index is 907. The largest absolute Gasteiger partial charge is 0.473 e. The highest BCUT2D eigenvalue weighted by molar-refractivity contribution is 7.89. The lowest BCUT2D eigenvalue weighted by Gasteiger charge is -2.32. The third kappa shape index (κ3) is 4.22. The zero-order valence-electron chi connectivity index (χ0n) is 16.1. The minimum absolute atomic E-state index is 0.221. The second kappa shape index (κ2) is 7.82. The first-order valence-corrected chi connectivity index (χ1v) is 10.4. The van der Waals surface area contributed by atoms with Gasteiger partial charge in [0.2, 0.25) is 15.9 Å². The first-order chi connectivity index (χ1) is 12.8. The number of benzene rings is 1. The highest BCUT2D eigenvalue weighted by Gasteiger charge is 2.33. The van der Waals surface area contributed by atoms with Gasteiger partial charge in [-0.15, -0.1) is 0 Å².